The number of aliphatic imine (C=N–C) groups is 1. The number of nitrogens with zero attached hydrogens (tertiary/aromatic N) is 4. The normalized spacial score (nSPS) is 16.1. The fourth-order valence-electron chi connectivity index (χ4n) is 3.48. The molecular formula is C21H24BClN6O. The van der Waals surface area contributed by atoms with E-state index in [1.807, 2.05) is 36.8 Å². The zero-order valence-corrected chi connectivity index (χ0v) is 17.7. The van der Waals surface area contributed by atoms with Crippen molar-refractivity contribution in [2.75, 3.05) is 18.4 Å². The number of amides is 1. The average molecular weight is 423 g/mol. The molecule has 2 N–H and O–H groups in total. The quantitative estimate of drug-likeness (QED) is 0.528. The van der Waals surface area contributed by atoms with Gasteiger partial charge in [0.05, 0.1) is 5.69 Å². The van der Waals surface area contributed by atoms with Crippen LogP contribution < -0.4 is 16.1 Å². The van der Waals surface area contributed by atoms with E-state index in [-0.39, 0.29) is 5.91 Å². The lowest BCUT2D eigenvalue weighted by Gasteiger charge is -2.14. The van der Waals surface area contributed by atoms with Crippen LogP contribution in [0.5, 0.6) is 0 Å². The topological polar surface area (TPSA) is 83.7 Å². The zero-order chi connectivity index (χ0) is 20.9. The van der Waals surface area contributed by atoms with E-state index in [0.717, 1.165) is 58.9 Å². The average Bonchev–Trinajstić information content (AvgIpc) is 3.15. The van der Waals surface area contributed by atoms with Gasteiger partial charge in [0.25, 0.3) is 5.91 Å². The first kappa shape index (κ1) is 20.4. The minimum Gasteiger partial charge on any atom is -0.370 e. The lowest BCUT2D eigenvalue weighted by atomic mass is 10.00. The molecule has 2 aliphatic rings. The molecule has 1 aliphatic heterocycles. The third-order valence-electron chi connectivity index (χ3n) is 5.12. The van der Waals surface area contributed by atoms with Gasteiger partial charge in [-0.05, 0) is 37.6 Å². The van der Waals surface area contributed by atoms with E-state index in [2.05, 4.69) is 26.8 Å². The van der Waals surface area contributed by atoms with Gasteiger partial charge < -0.3 is 10.6 Å². The Hall–Kier alpha value is -2.87. The highest BCUT2D eigenvalue weighted by atomic mass is 35.5. The summed E-state index contributed by atoms with van der Waals surface area (Å²) >= 11 is 6.47. The van der Waals surface area contributed by atoms with Crippen molar-refractivity contribution in [2.24, 2.45) is 4.99 Å². The van der Waals surface area contributed by atoms with Gasteiger partial charge >= 0.3 is 0 Å². The molecule has 0 aromatic carbocycles. The number of fused-ring (bicyclic) bond motifs is 1. The van der Waals surface area contributed by atoms with Gasteiger partial charge in [0, 0.05) is 42.2 Å². The van der Waals surface area contributed by atoms with E-state index < -0.39 is 0 Å². The molecular weight excluding hydrogens is 399 g/mol. The number of aromatic nitrogens is 3. The first-order valence-electron chi connectivity index (χ1n) is 10.3. The standard InChI is InChI=1S/C21H24BClN6O/c22-15-13-27-29-19(12-18(28-20(15)29)14-6-1-2-7-16(14)23)25-10-5-11-26-21(30)17-8-3-4-9-24-17/h1,4,6,9,12-13,25H,2-3,5,7-8,10-11,22H2,(H,26,30). The van der Waals surface area contributed by atoms with E-state index in [1.54, 1.807) is 6.20 Å². The Morgan fingerprint density at radius 3 is 2.90 bits per heavy atom. The van der Waals surface area contributed by atoms with Crippen LogP contribution >= 0.6 is 11.6 Å². The van der Waals surface area contributed by atoms with E-state index in [0.29, 0.717) is 25.2 Å². The van der Waals surface area contributed by atoms with E-state index in [9.17, 15) is 4.79 Å². The summed E-state index contributed by atoms with van der Waals surface area (Å²) in [6.45, 7) is 1.26. The second-order valence-corrected chi connectivity index (χ2v) is 7.84. The SMILES string of the molecule is Bc1cnn2c(NCCCNC(=O)C3=NC=CCC3)cc(C3=C(Cl)CCC=C3)nc12. The second-order valence-electron chi connectivity index (χ2n) is 7.38. The number of carbonyl (C=O) groups excluding carboxylic acids is 1. The van der Waals surface area contributed by atoms with Crippen molar-refractivity contribution in [3.8, 4) is 0 Å². The van der Waals surface area contributed by atoms with Crippen LogP contribution in [0.25, 0.3) is 11.2 Å². The highest BCUT2D eigenvalue weighted by molar-refractivity contribution is 6.39. The molecule has 0 unspecified atom stereocenters. The lowest BCUT2D eigenvalue weighted by molar-refractivity contribution is -0.114. The minimum atomic E-state index is -0.0821. The molecule has 2 aromatic heterocycles. The Morgan fingerprint density at radius 2 is 2.10 bits per heavy atom. The smallest absolute Gasteiger partial charge is 0.265 e. The summed E-state index contributed by atoms with van der Waals surface area (Å²) in [7, 11) is 1.99. The maximum absolute atomic E-state index is 12.1. The summed E-state index contributed by atoms with van der Waals surface area (Å²) in [6, 6.07) is 1.98. The molecule has 0 saturated carbocycles. The van der Waals surface area contributed by atoms with Gasteiger partial charge in [-0.15, -0.1) is 0 Å². The van der Waals surface area contributed by atoms with Crippen LogP contribution in [0, 0.1) is 0 Å². The van der Waals surface area contributed by atoms with Crippen molar-refractivity contribution in [2.45, 2.75) is 32.1 Å². The third kappa shape index (κ3) is 4.49. The van der Waals surface area contributed by atoms with Gasteiger partial charge in [-0.1, -0.05) is 29.8 Å². The number of allylic oxidation sites excluding steroid dienone is 5. The van der Waals surface area contributed by atoms with Gasteiger partial charge in [-0.25, -0.2) is 4.98 Å². The van der Waals surface area contributed by atoms with Crippen LogP contribution in [0.2, 0.25) is 0 Å². The van der Waals surface area contributed by atoms with Gasteiger partial charge in [0.1, 0.15) is 19.4 Å². The molecule has 30 heavy (non-hydrogen) atoms. The molecule has 1 amide bonds. The van der Waals surface area contributed by atoms with Crippen LogP contribution in [-0.4, -0.2) is 47.2 Å². The van der Waals surface area contributed by atoms with E-state index >= 15 is 0 Å². The largest absolute Gasteiger partial charge is 0.370 e. The van der Waals surface area contributed by atoms with Crippen LogP contribution in [0.1, 0.15) is 37.8 Å². The van der Waals surface area contributed by atoms with Gasteiger partial charge in [-0.3, -0.25) is 9.79 Å². The van der Waals surface area contributed by atoms with Crippen LogP contribution in [0.15, 0.2) is 46.7 Å². The number of hydrogen-bond acceptors (Lipinski definition) is 5. The highest BCUT2D eigenvalue weighted by Gasteiger charge is 2.15. The first-order valence-corrected chi connectivity index (χ1v) is 10.7. The van der Waals surface area contributed by atoms with Crippen molar-refractivity contribution >= 4 is 53.6 Å². The molecule has 0 atom stereocenters. The number of anilines is 1. The molecule has 0 saturated heterocycles. The molecule has 0 fully saturated rings. The molecule has 1 aliphatic carbocycles. The van der Waals surface area contributed by atoms with Crippen molar-refractivity contribution in [1.82, 2.24) is 19.9 Å². The van der Waals surface area contributed by atoms with Crippen LogP contribution in [0.4, 0.5) is 5.82 Å². The Kier molecular flexibility index (Phi) is 6.33. The Bertz CT molecular complexity index is 1080. The fraction of sp³-hybridized carbons (Fsp3) is 0.333. The van der Waals surface area contributed by atoms with Gasteiger partial charge in [-0.2, -0.15) is 9.61 Å². The molecule has 0 radical (unpaired) electrons. The maximum Gasteiger partial charge on any atom is 0.265 e. The molecule has 4 rings (SSSR count). The Labute approximate surface area is 181 Å². The molecule has 2 aromatic rings. The van der Waals surface area contributed by atoms with Crippen molar-refractivity contribution in [1.29, 1.82) is 0 Å². The van der Waals surface area contributed by atoms with Gasteiger partial charge in [0.2, 0.25) is 0 Å². The zero-order valence-electron chi connectivity index (χ0n) is 17.0. The van der Waals surface area contributed by atoms with Crippen molar-refractivity contribution in [3.63, 3.8) is 0 Å². The molecule has 154 valence electrons. The summed E-state index contributed by atoms with van der Waals surface area (Å²) < 4.78 is 1.81. The lowest BCUT2D eigenvalue weighted by Crippen LogP contribution is -2.32. The summed E-state index contributed by atoms with van der Waals surface area (Å²) in [6.07, 6.45) is 13.8. The van der Waals surface area contributed by atoms with E-state index in [1.165, 1.54) is 0 Å². The van der Waals surface area contributed by atoms with Crippen molar-refractivity contribution < 1.29 is 4.79 Å². The first-order chi connectivity index (χ1) is 14.6. The fourth-order valence-corrected chi connectivity index (χ4v) is 3.75. The summed E-state index contributed by atoms with van der Waals surface area (Å²) in [5.74, 6) is 0.772. The molecule has 0 bridgehead atoms. The monoisotopic (exact) mass is 422 g/mol. The molecule has 7 nitrogen and oxygen atoms in total. The van der Waals surface area contributed by atoms with Crippen molar-refractivity contribution in [3.05, 3.63) is 47.4 Å². The number of hydrogen-bond donors (Lipinski definition) is 2. The number of nitrogens with one attached hydrogen (secondary N) is 2. The highest BCUT2D eigenvalue weighted by Crippen LogP contribution is 2.30. The minimum absolute atomic E-state index is 0.0821. The molecule has 3 heterocycles. The number of halogens is 1. The summed E-state index contributed by atoms with van der Waals surface area (Å²) in [5, 5.41) is 11.6. The number of rotatable bonds is 7. The summed E-state index contributed by atoms with van der Waals surface area (Å²) in [5.41, 5.74) is 4.21. The Balaban J connectivity index is 1.42. The summed E-state index contributed by atoms with van der Waals surface area (Å²) in [4.78, 5) is 21.0. The Morgan fingerprint density at radius 1 is 1.23 bits per heavy atom. The van der Waals surface area contributed by atoms with Crippen LogP contribution in [0.3, 0.4) is 0 Å². The number of carbonyl (C=O) groups is 1. The van der Waals surface area contributed by atoms with Crippen LogP contribution in [-0.2, 0) is 4.79 Å². The molecule has 0 spiro atoms. The maximum atomic E-state index is 12.1. The molecule has 9 heteroatoms. The second kappa shape index (κ2) is 9.30. The third-order valence-corrected chi connectivity index (χ3v) is 5.51. The predicted molar refractivity (Wildman–Crippen MR) is 124 cm³/mol. The predicted octanol–water partition coefficient (Wildman–Crippen LogP) is 1.95. The van der Waals surface area contributed by atoms with Gasteiger partial charge in [0.15, 0.2) is 5.65 Å². The van der Waals surface area contributed by atoms with E-state index in [4.69, 9.17) is 16.6 Å².